The van der Waals surface area contributed by atoms with Gasteiger partial charge in [-0.15, -0.1) is 0 Å². The van der Waals surface area contributed by atoms with Crippen molar-refractivity contribution in [1.82, 2.24) is 9.40 Å². The number of rotatable bonds is 3. The lowest BCUT2D eigenvalue weighted by atomic mass is 10.2. The summed E-state index contributed by atoms with van der Waals surface area (Å²) in [6.45, 7) is 0.841. The molecule has 0 bridgehead atoms. The van der Waals surface area contributed by atoms with E-state index in [9.17, 15) is 8.42 Å². The second-order valence-electron chi connectivity index (χ2n) is 4.30. The smallest absolute Gasteiger partial charge is 0.276 e. The van der Waals surface area contributed by atoms with E-state index in [0.29, 0.717) is 0 Å². The van der Waals surface area contributed by atoms with Gasteiger partial charge in [0, 0.05) is 19.2 Å². The fraction of sp³-hybridized carbons (Fsp3) is 0.154. The standard InChI is InChI=1S/C13H13N3O2S/c17-19(18,11-5-2-1-3-6-11)15-14-12-8-10-16-9-4-7-13(12)16/h1-7,9,15H,8,10H2/b14-12-. The van der Waals surface area contributed by atoms with Crippen LogP contribution in [0.4, 0.5) is 0 Å². The van der Waals surface area contributed by atoms with Crippen LogP contribution in [-0.2, 0) is 16.6 Å². The number of benzene rings is 1. The molecule has 0 atom stereocenters. The molecule has 0 fully saturated rings. The number of aryl methyl sites for hydroxylation is 1. The summed E-state index contributed by atoms with van der Waals surface area (Å²) in [7, 11) is -3.58. The molecule has 3 rings (SSSR count). The van der Waals surface area contributed by atoms with E-state index in [1.807, 2.05) is 18.3 Å². The average molecular weight is 275 g/mol. The van der Waals surface area contributed by atoms with Crippen LogP contribution in [0.3, 0.4) is 0 Å². The summed E-state index contributed by atoms with van der Waals surface area (Å²) in [5.74, 6) is 0. The molecule has 1 aromatic carbocycles. The Balaban J connectivity index is 1.84. The van der Waals surface area contributed by atoms with E-state index in [2.05, 4.69) is 14.5 Å². The molecule has 5 nitrogen and oxygen atoms in total. The summed E-state index contributed by atoms with van der Waals surface area (Å²) >= 11 is 0. The van der Waals surface area contributed by atoms with Crippen molar-refractivity contribution in [2.24, 2.45) is 5.10 Å². The number of aromatic nitrogens is 1. The maximum Gasteiger partial charge on any atom is 0.276 e. The van der Waals surface area contributed by atoms with Gasteiger partial charge < -0.3 is 4.57 Å². The van der Waals surface area contributed by atoms with Crippen molar-refractivity contribution < 1.29 is 8.42 Å². The Morgan fingerprint density at radius 1 is 1.11 bits per heavy atom. The van der Waals surface area contributed by atoms with Gasteiger partial charge in [-0.1, -0.05) is 18.2 Å². The van der Waals surface area contributed by atoms with Crippen LogP contribution in [0.25, 0.3) is 0 Å². The summed E-state index contributed by atoms with van der Waals surface area (Å²) in [4.78, 5) is 2.51. The number of hydrogen-bond acceptors (Lipinski definition) is 3. The molecule has 1 aromatic heterocycles. The minimum absolute atomic E-state index is 0.215. The molecule has 0 unspecified atom stereocenters. The highest BCUT2D eigenvalue weighted by Gasteiger charge is 2.18. The fourth-order valence-electron chi connectivity index (χ4n) is 2.11. The molecule has 0 radical (unpaired) electrons. The van der Waals surface area contributed by atoms with E-state index in [1.165, 1.54) is 0 Å². The van der Waals surface area contributed by atoms with E-state index in [1.54, 1.807) is 30.3 Å². The molecular weight excluding hydrogens is 262 g/mol. The van der Waals surface area contributed by atoms with Crippen molar-refractivity contribution >= 4 is 15.7 Å². The summed E-state index contributed by atoms with van der Waals surface area (Å²) < 4.78 is 26.1. The summed E-state index contributed by atoms with van der Waals surface area (Å²) in [5.41, 5.74) is 1.74. The molecule has 1 aliphatic rings. The third-order valence-electron chi connectivity index (χ3n) is 3.07. The zero-order chi connectivity index (χ0) is 13.3. The van der Waals surface area contributed by atoms with Crippen molar-refractivity contribution in [3.8, 4) is 0 Å². The zero-order valence-electron chi connectivity index (χ0n) is 10.2. The number of nitrogens with zero attached hydrogens (tertiary/aromatic N) is 2. The molecule has 98 valence electrons. The van der Waals surface area contributed by atoms with Crippen molar-refractivity contribution in [2.45, 2.75) is 17.9 Å². The third-order valence-corrected chi connectivity index (χ3v) is 4.29. The first-order valence-electron chi connectivity index (χ1n) is 5.96. The number of hydrogen-bond donors (Lipinski definition) is 1. The molecule has 6 heteroatoms. The SMILES string of the molecule is O=S(=O)(N/N=C1/CCn2cccc21)c1ccccc1. The van der Waals surface area contributed by atoms with Gasteiger partial charge in [-0.05, 0) is 24.3 Å². The number of nitrogens with one attached hydrogen (secondary N) is 1. The summed E-state index contributed by atoms with van der Waals surface area (Å²) in [5, 5.41) is 4.04. The Labute approximate surface area is 111 Å². The maximum atomic E-state index is 12.0. The first-order chi connectivity index (χ1) is 9.17. The van der Waals surface area contributed by atoms with E-state index in [4.69, 9.17) is 0 Å². The highest BCUT2D eigenvalue weighted by Crippen LogP contribution is 2.16. The van der Waals surface area contributed by atoms with E-state index in [-0.39, 0.29) is 4.90 Å². The van der Waals surface area contributed by atoms with E-state index < -0.39 is 10.0 Å². The lowest BCUT2D eigenvalue weighted by Crippen LogP contribution is -2.20. The molecule has 1 N–H and O–H groups in total. The Kier molecular flexibility index (Phi) is 2.87. The minimum atomic E-state index is -3.58. The molecule has 2 heterocycles. The largest absolute Gasteiger partial charge is 0.346 e. The predicted molar refractivity (Wildman–Crippen MR) is 72.3 cm³/mol. The Morgan fingerprint density at radius 3 is 2.68 bits per heavy atom. The molecule has 0 spiro atoms. The molecule has 0 aliphatic carbocycles. The second-order valence-corrected chi connectivity index (χ2v) is 5.96. The predicted octanol–water partition coefficient (Wildman–Crippen LogP) is 1.57. The lowest BCUT2D eigenvalue weighted by Gasteiger charge is -2.03. The highest BCUT2D eigenvalue weighted by molar-refractivity contribution is 7.89. The Bertz CT molecular complexity index is 717. The zero-order valence-corrected chi connectivity index (χ0v) is 11.0. The van der Waals surface area contributed by atoms with Gasteiger partial charge in [0.1, 0.15) is 0 Å². The van der Waals surface area contributed by atoms with Gasteiger partial charge in [-0.2, -0.15) is 18.4 Å². The highest BCUT2D eigenvalue weighted by atomic mass is 32.2. The van der Waals surface area contributed by atoms with Gasteiger partial charge in [-0.3, -0.25) is 0 Å². The van der Waals surface area contributed by atoms with Crippen LogP contribution in [0.15, 0.2) is 58.7 Å². The number of fused-ring (bicyclic) bond motifs is 1. The van der Waals surface area contributed by atoms with Crippen molar-refractivity contribution in [3.05, 3.63) is 54.4 Å². The van der Waals surface area contributed by atoms with Gasteiger partial charge in [-0.25, -0.2) is 0 Å². The van der Waals surface area contributed by atoms with E-state index in [0.717, 1.165) is 24.4 Å². The first-order valence-corrected chi connectivity index (χ1v) is 7.44. The quantitative estimate of drug-likeness (QED) is 0.864. The van der Waals surface area contributed by atoms with Crippen molar-refractivity contribution in [2.75, 3.05) is 0 Å². The third kappa shape index (κ3) is 2.26. The average Bonchev–Trinajstić information content (AvgIpc) is 3.01. The number of hydrazone groups is 1. The molecule has 0 saturated carbocycles. The summed E-state index contributed by atoms with van der Waals surface area (Å²) in [6, 6.07) is 12.1. The summed E-state index contributed by atoms with van der Waals surface area (Å²) in [6.07, 6.45) is 2.71. The van der Waals surface area contributed by atoms with Crippen LogP contribution in [-0.4, -0.2) is 18.7 Å². The Morgan fingerprint density at radius 2 is 1.89 bits per heavy atom. The molecule has 0 amide bonds. The van der Waals surface area contributed by atoms with Gasteiger partial charge in [0.05, 0.1) is 16.3 Å². The van der Waals surface area contributed by atoms with Crippen LogP contribution in [0, 0.1) is 0 Å². The Hall–Kier alpha value is -2.08. The minimum Gasteiger partial charge on any atom is -0.346 e. The second kappa shape index (κ2) is 4.55. The van der Waals surface area contributed by atoms with Gasteiger partial charge in [0.2, 0.25) is 0 Å². The van der Waals surface area contributed by atoms with Crippen molar-refractivity contribution in [3.63, 3.8) is 0 Å². The number of sulfonamides is 1. The topological polar surface area (TPSA) is 63.5 Å². The monoisotopic (exact) mass is 275 g/mol. The van der Waals surface area contributed by atoms with E-state index >= 15 is 0 Å². The van der Waals surface area contributed by atoms with Crippen LogP contribution in [0.5, 0.6) is 0 Å². The van der Waals surface area contributed by atoms with Gasteiger partial charge in [0.25, 0.3) is 10.0 Å². The lowest BCUT2D eigenvalue weighted by molar-refractivity contribution is 0.584. The fourth-order valence-corrected chi connectivity index (χ4v) is 2.96. The first kappa shape index (κ1) is 12.0. The van der Waals surface area contributed by atoms with Crippen LogP contribution in [0.2, 0.25) is 0 Å². The van der Waals surface area contributed by atoms with Crippen LogP contribution in [0.1, 0.15) is 12.1 Å². The van der Waals surface area contributed by atoms with Gasteiger partial charge >= 0.3 is 0 Å². The molecular formula is C13H13N3O2S. The van der Waals surface area contributed by atoms with Gasteiger partial charge in [0.15, 0.2) is 0 Å². The molecule has 1 aliphatic heterocycles. The molecule has 2 aromatic rings. The van der Waals surface area contributed by atoms with Crippen LogP contribution >= 0.6 is 0 Å². The van der Waals surface area contributed by atoms with Crippen LogP contribution < -0.4 is 4.83 Å². The van der Waals surface area contributed by atoms with Crippen molar-refractivity contribution in [1.29, 1.82) is 0 Å². The maximum absolute atomic E-state index is 12.0. The normalized spacial score (nSPS) is 16.5. The molecule has 19 heavy (non-hydrogen) atoms. The molecule has 0 saturated heterocycles.